The van der Waals surface area contributed by atoms with Gasteiger partial charge in [-0.1, -0.05) is 29.8 Å². The van der Waals surface area contributed by atoms with Crippen LogP contribution in [0.2, 0.25) is 5.02 Å². The quantitative estimate of drug-likeness (QED) is 0.356. The molecule has 1 aliphatic rings. The number of nitrogens with one attached hydrogen (secondary N) is 1. The molecule has 0 bridgehead atoms. The number of carbonyl (C=O) groups is 1. The zero-order valence-corrected chi connectivity index (χ0v) is 16.2. The normalized spacial score (nSPS) is 12.3. The molecule has 0 saturated carbocycles. The molecule has 0 saturated heterocycles. The number of nitrogens with zero attached hydrogens (tertiary/aromatic N) is 2. The molecule has 0 atom stereocenters. The molecule has 4 rings (SSSR count). The summed E-state index contributed by atoms with van der Waals surface area (Å²) in [5, 5.41) is 16.6. The number of thiazole rings is 1. The molecule has 2 heterocycles. The highest BCUT2D eigenvalue weighted by Gasteiger charge is 2.22. The maximum absolute atomic E-state index is 12.2. The van der Waals surface area contributed by atoms with Crippen LogP contribution in [-0.4, -0.2) is 22.6 Å². The molecule has 10 heteroatoms. The number of hydrogen-bond donors (Lipinski definition) is 1. The molecule has 146 valence electrons. The lowest BCUT2D eigenvalue weighted by atomic mass is 10.1. The van der Waals surface area contributed by atoms with Crippen molar-refractivity contribution in [1.29, 1.82) is 0 Å². The summed E-state index contributed by atoms with van der Waals surface area (Å²) in [5.74, 6) is 0.213. The fourth-order valence-electron chi connectivity index (χ4n) is 2.67. The van der Waals surface area contributed by atoms with E-state index in [4.69, 9.17) is 21.1 Å². The summed E-state index contributed by atoms with van der Waals surface area (Å²) in [7, 11) is 0. The molecule has 1 aliphatic heterocycles. The zero-order valence-electron chi connectivity index (χ0n) is 14.6. The second-order valence-electron chi connectivity index (χ2n) is 5.86. The standard InChI is InChI=1S/C19H12ClN3O5S/c20-13-4-2-1-3-12(13)14-9-29-19(21-14)22-18(24)6-5-11-7-16-17(28-10-27-16)8-15(11)23(25)26/h1-9H,10H2,(H,21,22,24)/b6-5+. The van der Waals surface area contributed by atoms with Crippen LogP contribution in [0.4, 0.5) is 10.8 Å². The second-order valence-corrected chi connectivity index (χ2v) is 7.13. The molecular formula is C19H12ClN3O5S. The Morgan fingerprint density at radius 3 is 2.79 bits per heavy atom. The Bertz CT molecular complexity index is 1140. The number of anilines is 1. The minimum absolute atomic E-state index is 0.00203. The van der Waals surface area contributed by atoms with E-state index >= 15 is 0 Å². The summed E-state index contributed by atoms with van der Waals surface area (Å²) < 4.78 is 10.4. The molecule has 2 aromatic carbocycles. The van der Waals surface area contributed by atoms with Gasteiger partial charge in [-0.15, -0.1) is 11.3 Å². The third-order valence-electron chi connectivity index (χ3n) is 4.02. The van der Waals surface area contributed by atoms with Crippen LogP contribution in [0.15, 0.2) is 47.9 Å². The van der Waals surface area contributed by atoms with E-state index in [2.05, 4.69) is 10.3 Å². The number of carbonyl (C=O) groups excluding carboxylic acids is 1. The number of nitro benzene ring substituents is 1. The van der Waals surface area contributed by atoms with Gasteiger partial charge < -0.3 is 9.47 Å². The van der Waals surface area contributed by atoms with Gasteiger partial charge in [-0.05, 0) is 18.2 Å². The Morgan fingerprint density at radius 2 is 2.03 bits per heavy atom. The van der Waals surface area contributed by atoms with Crippen molar-refractivity contribution in [2.45, 2.75) is 0 Å². The lowest BCUT2D eigenvalue weighted by Gasteiger charge is -2.01. The Kier molecular flexibility index (Phi) is 5.15. The monoisotopic (exact) mass is 429 g/mol. The van der Waals surface area contributed by atoms with Crippen LogP contribution in [0.1, 0.15) is 5.56 Å². The van der Waals surface area contributed by atoms with Crippen LogP contribution in [0.5, 0.6) is 11.5 Å². The first-order valence-electron chi connectivity index (χ1n) is 8.29. The highest BCUT2D eigenvalue weighted by molar-refractivity contribution is 7.14. The number of fused-ring (bicyclic) bond motifs is 1. The molecular weight excluding hydrogens is 418 g/mol. The summed E-state index contributed by atoms with van der Waals surface area (Å²) in [5.41, 5.74) is 1.45. The first-order chi connectivity index (χ1) is 14.0. The van der Waals surface area contributed by atoms with Crippen LogP contribution in [0.3, 0.4) is 0 Å². The van der Waals surface area contributed by atoms with E-state index in [1.54, 1.807) is 11.4 Å². The van der Waals surface area contributed by atoms with E-state index in [1.165, 1.54) is 35.6 Å². The SMILES string of the molecule is O=C(/C=C/c1cc2c(cc1[N+](=O)[O-])OCO2)Nc1nc(-c2ccccc2Cl)cs1. The number of nitro groups is 1. The highest BCUT2D eigenvalue weighted by Crippen LogP contribution is 2.38. The van der Waals surface area contributed by atoms with Gasteiger partial charge >= 0.3 is 0 Å². The third-order valence-corrected chi connectivity index (χ3v) is 5.10. The van der Waals surface area contributed by atoms with E-state index in [1.807, 2.05) is 18.2 Å². The lowest BCUT2D eigenvalue weighted by Crippen LogP contribution is -2.07. The van der Waals surface area contributed by atoms with Gasteiger partial charge in [-0.3, -0.25) is 20.2 Å². The molecule has 0 fully saturated rings. The van der Waals surface area contributed by atoms with Gasteiger partial charge in [-0.2, -0.15) is 0 Å². The van der Waals surface area contributed by atoms with Gasteiger partial charge in [0.1, 0.15) is 0 Å². The number of hydrogen-bond acceptors (Lipinski definition) is 7. The number of halogens is 1. The second kappa shape index (κ2) is 7.90. The predicted molar refractivity (Wildman–Crippen MR) is 109 cm³/mol. The van der Waals surface area contributed by atoms with Gasteiger partial charge in [0, 0.05) is 22.0 Å². The van der Waals surface area contributed by atoms with Gasteiger partial charge in [0.15, 0.2) is 16.6 Å². The van der Waals surface area contributed by atoms with E-state index in [-0.39, 0.29) is 18.0 Å². The Hall–Kier alpha value is -3.43. The minimum Gasteiger partial charge on any atom is -0.454 e. The Balaban J connectivity index is 1.50. The zero-order chi connectivity index (χ0) is 20.4. The van der Waals surface area contributed by atoms with Gasteiger partial charge in [0.2, 0.25) is 12.7 Å². The van der Waals surface area contributed by atoms with Crippen LogP contribution in [-0.2, 0) is 4.79 Å². The van der Waals surface area contributed by atoms with Crippen LogP contribution in [0, 0.1) is 10.1 Å². The van der Waals surface area contributed by atoms with Crippen molar-refractivity contribution in [2.75, 3.05) is 12.1 Å². The molecule has 1 N–H and O–H groups in total. The van der Waals surface area contributed by atoms with Crippen molar-refractivity contribution in [3.63, 3.8) is 0 Å². The summed E-state index contributed by atoms with van der Waals surface area (Å²) in [4.78, 5) is 27.3. The first-order valence-corrected chi connectivity index (χ1v) is 9.54. The molecule has 3 aromatic rings. The molecule has 1 amide bonds. The topological polar surface area (TPSA) is 104 Å². The van der Waals surface area contributed by atoms with Crippen molar-refractivity contribution in [2.24, 2.45) is 0 Å². The number of benzene rings is 2. The van der Waals surface area contributed by atoms with Crippen molar-refractivity contribution < 1.29 is 19.2 Å². The molecule has 8 nitrogen and oxygen atoms in total. The summed E-state index contributed by atoms with van der Waals surface area (Å²) in [6.45, 7) is -0.00203. The van der Waals surface area contributed by atoms with E-state index < -0.39 is 10.8 Å². The van der Waals surface area contributed by atoms with Crippen molar-refractivity contribution >= 4 is 45.7 Å². The summed E-state index contributed by atoms with van der Waals surface area (Å²) in [6, 6.07) is 10.00. The molecule has 0 radical (unpaired) electrons. The maximum Gasteiger partial charge on any atom is 0.280 e. The van der Waals surface area contributed by atoms with Crippen molar-refractivity contribution in [3.8, 4) is 22.8 Å². The smallest absolute Gasteiger partial charge is 0.280 e. The lowest BCUT2D eigenvalue weighted by molar-refractivity contribution is -0.385. The van der Waals surface area contributed by atoms with Crippen LogP contribution >= 0.6 is 22.9 Å². The summed E-state index contributed by atoms with van der Waals surface area (Å²) >= 11 is 7.41. The minimum atomic E-state index is -0.545. The Morgan fingerprint density at radius 1 is 1.28 bits per heavy atom. The van der Waals surface area contributed by atoms with Gasteiger partial charge in [0.25, 0.3) is 5.69 Å². The molecule has 0 unspecified atom stereocenters. The van der Waals surface area contributed by atoms with Crippen molar-refractivity contribution in [3.05, 3.63) is 68.6 Å². The number of rotatable bonds is 5. The third kappa shape index (κ3) is 4.05. The number of aromatic nitrogens is 1. The van der Waals surface area contributed by atoms with Gasteiger partial charge in [-0.25, -0.2) is 4.98 Å². The maximum atomic E-state index is 12.2. The van der Waals surface area contributed by atoms with E-state index in [9.17, 15) is 14.9 Å². The molecule has 0 spiro atoms. The fraction of sp³-hybridized carbons (Fsp3) is 0.0526. The molecule has 1 aromatic heterocycles. The average molecular weight is 430 g/mol. The van der Waals surface area contributed by atoms with Crippen LogP contribution in [0.25, 0.3) is 17.3 Å². The fourth-order valence-corrected chi connectivity index (χ4v) is 3.62. The summed E-state index contributed by atoms with van der Waals surface area (Å²) in [6.07, 6.45) is 2.54. The molecule has 29 heavy (non-hydrogen) atoms. The Labute approximate surface area is 173 Å². The average Bonchev–Trinajstić information content (AvgIpc) is 3.34. The van der Waals surface area contributed by atoms with E-state index in [0.29, 0.717) is 27.3 Å². The van der Waals surface area contributed by atoms with Crippen LogP contribution < -0.4 is 14.8 Å². The highest BCUT2D eigenvalue weighted by atomic mass is 35.5. The first kappa shape index (κ1) is 18.9. The van der Waals surface area contributed by atoms with Crippen molar-refractivity contribution in [1.82, 2.24) is 4.98 Å². The van der Waals surface area contributed by atoms with E-state index in [0.717, 1.165) is 5.56 Å². The number of ether oxygens (including phenoxy) is 2. The number of amides is 1. The van der Waals surface area contributed by atoms with Gasteiger partial charge in [0.05, 0.1) is 22.2 Å². The predicted octanol–water partition coefficient (Wildman–Crippen LogP) is 4.75. The largest absolute Gasteiger partial charge is 0.454 e. The molecule has 0 aliphatic carbocycles.